The van der Waals surface area contributed by atoms with E-state index < -0.39 is 5.76 Å². The second kappa shape index (κ2) is 3.78. The lowest BCUT2D eigenvalue weighted by molar-refractivity contribution is 0.413. The summed E-state index contributed by atoms with van der Waals surface area (Å²) in [5, 5.41) is 6.40. The molecular formula is C9H7ClN2O3. The Morgan fingerprint density at radius 1 is 1.53 bits per heavy atom. The lowest BCUT2D eigenvalue weighted by atomic mass is 10.2. The molecule has 0 amide bonds. The highest BCUT2D eigenvalue weighted by atomic mass is 35.5. The van der Waals surface area contributed by atoms with Gasteiger partial charge in [0.25, 0.3) is 5.89 Å². The zero-order valence-corrected chi connectivity index (χ0v) is 8.54. The lowest BCUT2D eigenvalue weighted by Crippen LogP contribution is -1.93. The standard InChI is InChI=1S/C9H7ClN2O3/c1-14-7-4-5(10)2-3-6(7)8-11-12-9(13)15-8/h2-4H,1H3,(H,12,13). The molecule has 0 saturated carbocycles. The molecule has 0 bridgehead atoms. The first-order valence-electron chi connectivity index (χ1n) is 4.10. The van der Waals surface area contributed by atoms with Crippen LogP contribution in [0.15, 0.2) is 27.4 Å². The van der Waals surface area contributed by atoms with Gasteiger partial charge in [0.15, 0.2) is 0 Å². The highest BCUT2D eigenvalue weighted by Crippen LogP contribution is 2.30. The minimum Gasteiger partial charge on any atom is -0.496 e. The second-order valence-electron chi connectivity index (χ2n) is 2.76. The maximum absolute atomic E-state index is 10.8. The van der Waals surface area contributed by atoms with Crippen molar-refractivity contribution in [1.82, 2.24) is 10.2 Å². The van der Waals surface area contributed by atoms with Crippen LogP contribution < -0.4 is 10.5 Å². The van der Waals surface area contributed by atoms with Gasteiger partial charge in [-0.3, -0.25) is 0 Å². The number of benzene rings is 1. The summed E-state index contributed by atoms with van der Waals surface area (Å²) in [5.41, 5.74) is 0.570. The quantitative estimate of drug-likeness (QED) is 0.846. The highest BCUT2D eigenvalue weighted by molar-refractivity contribution is 6.30. The Balaban J connectivity index is 2.57. The SMILES string of the molecule is COc1cc(Cl)ccc1-c1n[nH]c(=O)o1. The monoisotopic (exact) mass is 226 g/mol. The zero-order valence-electron chi connectivity index (χ0n) is 7.78. The van der Waals surface area contributed by atoms with E-state index in [0.29, 0.717) is 16.3 Å². The molecule has 0 aliphatic carbocycles. The normalized spacial score (nSPS) is 10.3. The summed E-state index contributed by atoms with van der Waals surface area (Å²) in [6.07, 6.45) is 0. The van der Waals surface area contributed by atoms with Crippen LogP contribution in [0.25, 0.3) is 11.5 Å². The summed E-state index contributed by atoms with van der Waals surface area (Å²) in [7, 11) is 1.50. The third-order valence-electron chi connectivity index (χ3n) is 1.83. The minimum absolute atomic E-state index is 0.175. The molecule has 0 saturated heterocycles. The van der Waals surface area contributed by atoms with Crippen LogP contribution in [0.4, 0.5) is 0 Å². The van der Waals surface area contributed by atoms with Crippen LogP contribution >= 0.6 is 11.6 Å². The fourth-order valence-corrected chi connectivity index (χ4v) is 1.35. The topological polar surface area (TPSA) is 68.1 Å². The van der Waals surface area contributed by atoms with Crippen molar-refractivity contribution < 1.29 is 9.15 Å². The Kier molecular flexibility index (Phi) is 2.47. The molecule has 6 heteroatoms. The van der Waals surface area contributed by atoms with E-state index in [2.05, 4.69) is 10.2 Å². The number of aromatic amines is 1. The van der Waals surface area contributed by atoms with E-state index in [1.54, 1.807) is 18.2 Å². The number of nitrogens with zero attached hydrogens (tertiary/aromatic N) is 1. The first kappa shape index (κ1) is 9.79. The number of hydrogen-bond acceptors (Lipinski definition) is 4. The van der Waals surface area contributed by atoms with Gasteiger partial charge in [-0.05, 0) is 18.2 Å². The molecule has 15 heavy (non-hydrogen) atoms. The molecule has 0 spiro atoms. The molecule has 0 aliphatic rings. The van der Waals surface area contributed by atoms with E-state index >= 15 is 0 Å². The Morgan fingerprint density at radius 3 is 2.93 bits per heavy atom. The lowest BCUT2D eigenvalue weighted by Gasteiger charge is -2.04. The van der Waals surface area contributed by atoms with Gasteiger partial charge in [-0.1, -0.05) is 11.6 Å². The number of hydrogen-bond donors (Lipinski definition) is 1. The molecule has 2 rings (SSSR count). The molecule has 1 N–H and O–H groups in total. The van der Waals surface area contributed by atoms with E-state index in [1.807, 2.05) is 0 Å². The van der Waals surface area contributed by atoms with Crippen LogP contribution in [0.1, 0.15) is 0 Å². The molecular weight excluding hydrogens is 220 g/mol. The number of ether oxygens (including phenoxy) is 1. The smallest absolute Gasteiger partial charge is 0.434 e. The molecule has 0 unspecified atom stereocenters. The van der Waals surface area contributed by atoms with Gasteiger partial charge >= 0.3 is 5.76 Å². The van der Waals surface area contributed by atoms with Crippen LogP contribution in [0.5, 0.6) is 5.75 Å². The zero-order chi connectivity index (χ0) is 10.8. The van der Waals surface area contributed by atoms with Gasteiger partial charge in [0.1, 0.15) is 5.75 Å². The molecule has 5 nitrogen and oxygen atoms in total. The van der Waals surface area contributed by atoms with Crippen molar-refractivity contribution >= 4 is 11.6 Å². The number of halogens is 1. The summed E-state index contributed by atoms with van der Waals surface area (Å²) in [6, 6.07) is 4.94. The summed E-state index contributed by atoms with van der Waals surface area (Å²) in [6.45, 7) is 0. The molecule has 1 heterocycles. The first-order chi connectivity index (χ1) is 7.20. The number of rotatable bonds is 2. The van der Waals surface area contributed by atoms with Crippen molar-refractivity contribution in [3.63, 3.8) is 0 Å². The Morgan fingerprint density at radius 2 is 2.33 bits per heavy atom. The summed E-state index contributed by atoms with van der Waals surface area (Å²) < 4.78 is 9.90. The fraction of sp³-hybridized carbons (Fsp3) is 0.111. The molecule has 0 atom stereocenters. The largest absolute Gasteiger partial charge is 0.496 e. The van der Waals surface area contributed by atoms with Crippen molar-refractivity contribution in [2.45, 2.75) is 0 Å². The van der Waals surface area contributed by atoms with E-state index in [9.17, 15) is 4.79 Å². The third kappa shape index (κ3) is 1.87. The highest BCUT2D eigenvalue weighted by Gasteiger charge is 2.11. The Bertz CT molecular complexity index is 532. The molecule has 2 aromatic rings. The van der Waals surface area contributed by atoms with Crippen molar-refractivity contribution in [1.29, 1.82) is 0 Å². The van der Waals surface area contributed by atoms with Gasteiger partial charge in [0, 0.05) is 5.02 Å². The summed E-state index contributed by atoms with van der Waals surface area (Å²) >= 11 is 5.79. The summed E-state index contributed by atoms with van der Waals surface area (Å²) in [5.74, 6) is 0.0632. The number of aromatic nitrogens is 2. The maximum Gasteiger partial charge on any atom is 0.434 e. The van der Waals surface area contributed by atoms with Gasteiger partial charge in [-0.25, -0.2) is 9.89 Å². The van der Waals surface area contributed by atoms with Gasteiger partial charge < -0.3 is 9.15 Å². The number of nitrogens with one attached hydrogen (secondary N) is 1. The van der Waals surface area contributed by atoms with Gasteiger partial charge in [-0.15, -0.1) is 5.10 Å². The van der Waals surface area contributed by atoms with Crippen molar-refractivity contribution in [3.05, 3.63) is 33.8 Å². The molecule has 0 fully saturated rings. The van der Waals surface area contributed by atoms with Crippen LogP contribution in [-0.2, 0) is 0 Å². The van der Waals surface area contributed by atoms with E-state index in [4.69, 9.17) is 20.8 Å². The van der Waals surface area contributed by atoms with E-state index in [-0.39, 0.29) is 5.89 Å². The van der Waals surface area contributed by atoms with Crippen LogP contribution in [-0.4, -0.2) is 17.3 Å². The second-order valence-corrected chi connectivity index (χ2v) is 3.20. The van der Waals surface area contributed by atoms with Gasteiger partial charge in [0.2, 0.25) is 0 Å². The van der Waals surface area contributed by atoms with Crippen molar-refractivity contribution in [2.24, 2.45) is 0 Å². The molecule has 1 aromatic carbocycles. The molecule has 1 aromatic heterocycles. The predicted octanol–water partition coefficient (Wildman–Crippen LogP) is 1.69. The number of H-pyrrole nitrogens is 1. The van der Waals surface area contributed by atoms with Crippen LogP contribution in [0, 0.1) is 0 Å². The average Bonchev–Trinajstić information content (AvgIpc) is 2.64. The first-order valence-corrected chi connectivity index (χ1v) is 4.48. The predicted molar refractivity (Wildman–Crippen MR) is 54.1 cm³/mol. The van der Waals surface area contributed by atoms with E-state index in [1.165, 1.54) is 7.11 Å². The molecule has 0 aliphatic heterocycles. The minimum atomic E-state index is -0.609. The molecule has 0 radical (unpaired) electrons. The molecule has 78 valence electrons. The fourth-order valence-electron chi connectivity index (χ4n) is 1.19. The van der Waals surface area contributed by atoms with E-state index in [0.717, 1.165) is 0 Å². The van der Waals surface area contributed by atoms with Crippen LogP contribution in [0.3, 0.4) is 0 Å². The summed E-state index contributed by atoms with van der Waals surface area (Å²) in [4.78, 5) is 10.8. The van der Waals surface area contributed by atoms with Crippen molar-refractivity contribution in [2.75, 3.05) is 7.11 Å². The maximum atomic E-state index is 10.8. The van der Waals surface area contributed by atoms with Crippen molar-refractivity contribution in [3.8, 4) is 17.2 Å². The Labute approximate surface area is 89.6 Å². The Hall–Kier alpha value is -1.75. The third-order valence-corrected chi connectivity index (χ3v) is 2.07. The number of methoxy groups -OCH3 is 1. The average molecular weight is 227 g/mol. The van der Waals surface area contributed by atoms with Crippen LogP contribution in [0.2, 0.25) is 5.02 Å². The van der Waals surface area contributed by atoms with Gasteiger partial charge in [-0.2, -0.15) is 0 Å². The van der Waals surface area contributed by atoms with Gasteiger partial charge in [0.05, 0.1) is 12.7 Å².